The molecule has 4 nitrogen and oxygen atoms in total. The molecule has 4 heteroatoms. The van der Waals surface area contributed by atoms with Gasteiger partial charge < -0.3 is 15.8 Å². The standard InChI is InChI=1S/C15H24N2O2/c1-11(16)14(18)17-9-10-19-13-7-5-12(6-8-13)15(2,3)4/h5-8,11H,9-10,16H2,1-4H3,(H,17,18)/t11-/m1/s1. The SMILES string of the molecule is C[C@@H](N)C(=O)NCCOc1ccc(C(C)(C)C)cc1. The lowest BCUT2D eigenvalue weighted by Crippen LogP contribution is -2.40. The second-order valence-electron chi connectivity index (χ2n) is 5.70. The normalized spacial score (nSPS) is 12.9. The molecule has 0 unspecified atom stereocenters. The third kappa shape index (κ3) is 5.30. The first-order valence-corrected chi connectivity index (χ1v) is 6.57. The van der Waals surface area contributed by atoms with E-state index in [1.54, 1.807) is 6.92 Å². The van der Waals surface area contributed by atoms with Gasteiger partial charge in [0.25, 0.3) is 0 Å². The fourth-order valence-corrected chi connectivity index (χ4v) is 1.56. The fourth-order valence-electron chi connectivity index (χ4n) is 1.56. The molecule has 0 spiro atoms. The van der Waals surface area contributed by atoms with Gasteiger partial charge in [0, 0.05) is 0 Å². The van der Waals surface area contributed by atoms with Gasteiger partial charge in [0.2, 0.25) is 5.91 Å². The lowest BCUT2D eigenvalue weighted by Gasteiger charge is -2.19. The van der Waals surface area contributed by atoms with Gasteiger partial charge in [-0.05, 0) is 30.0 Å². The quantitative estimate of drug-likeness (QED) is 0.797. The van der Waals surface area contributed by atoms with Gasteiger partial charge in [0.05, 0.1) is 12.6 Å². The molecule has 3 N–H and O–H groups in total. The van der Waals surface area contributed by atoms with Crippen LogP contribution in [0.4, 0.5) is 0 Å². The van der Waals surface area contributed by atoms with Crippen LogP contribution in [-0.2, 0) is 10.2 Å². The number of carbonyl (C=O) groups is 1. The molecule has 1 amide bonds. The molecule has 1 aromatic rings. The van der Waals surface area contributed by atoms with Crippen molar-refractivity contribution in [3.8, 4) is 5.75 Å². The highest BCUT2D eigenvalue weighted by molar-refractivity contribution is 5.80. The Balaban J connectivity index is 2.37. The van der Waals surface area contributed by atoms with Gasteiger partial charge in [0.1, 0.15) is 12.4 Å². The van der Waals surface area contributed by atoms with E-state index in [4.69, 9.17) is 10.5 Å². The second kappa shape index (κ2) is 6.57. The molecule has 0 heterocycles. The van der Waals surface area contributed by atoms with E-state index >= 15 is 0 Å². The van der Waals surface area contributed by atoms with Crippen LogP contribution in [0.3, 0.4) is 0 Å². The highest BCUT2D eigenvalue weighted by Gasteiger charge is 2.12. The zero-order valence-electron chi connectivity index (χ0n) is 12.2. The number of nitrogens with two attached hydrogens (primary N) is 1. The molecule has 0 aliphatic rings. The lowest BCUT2D eigenvalue weighted by atomic mass is 9.87. The Labute approximate surface area is 115 Å². The highest BCUT2D eigenvalue weighted by atomic mass is 16.5. The van der Waals surface area contributed by atoms with Crippen LogP contribution in [-0.4, -0.2) is 25.1 Å². The lowest BCUT2D eigenvalue weighted by molar-refractivity contribution is -0.122. The minimum Gasteiger partial charge on any atom is -0.492 e. The molecule has 1 atom stereocenters. The zero-order chi connectivity index (χ0) is 14.5. The summed E-state index contributed by atoms with van der Waals surface area (Å²) in [7, 11) is 0. The molecule has 0 aromatic heterocycles. The van der Waals surface area contributed by atoms with Crippen molar-refractivity contribution in [3.05, 3.63) is 29.8 Å². The minimum atomic E-state index is -0.480. The van der Waals surface area contributed by atoms with Crippen LogP contribution in [0.1, 0.15) is 33.3 Å². The maximum absolute atomic E-state index is 11.2. The predicted octanol–water partition coefficient (Wildman–Crippen LogP) is 1.83. The van der Waals surface area contributed by atoms with Crippen LogP contribution < -0.4 is 15.8 Å². The maximum Gasteiger partial charge on any atom is 0.236 e. The minimum absolute atomic E-state index is 0.143. The third-order valence-corrected chi connectivity index (χ3v) is 2.80. The number of nitrogens with one attached hydrogen (secondary N) is 1. The molecular formula is C15H24N2O2. The molecule has 0 fully saturated rings. The molecular weight excluding hydrogens is 240 g/mol. The number of amides is 1. The molecule has 0 radical (unpaired) electrons. The number of hydrogen-bond donors (Lipinski definition) is 2. The van der Waals surface area contributed by atoms with Gasteiger partial charge in [-0.3, -0.25) is 4.79 Å². The van der Waals surface area contributed by atoms with Gasteiger partial charge >= 0.3 is 0 Å². The molecule has 19 heavy (non-hydrogen) atoms. The summed E-state index contributed by atoms with van der Waals surface area (Å²) < 4.78 is 5.55. The van der Waals surface area contributed by atoms with Gasteiger partial charge in [-0.15, -0.1) is 0 Å². The topological polar surface area (TPSA) is 64.4 Å². The number of rotatable bonds is 5. The number of carbonyl (C=O) groups excluding carboxylic acids is 1. The fraction of sp³-hybridized carbons (Fsp3) is 0.533. The Morgan fingerprint density at radius 1 is 1.32 bits per heavy atom. The Bertz CT molecular complexity index is 405. The molecule has 1 aromatic carbocycles. The van der Waals surface area contributed by atoms with Crippen LogP contribution in [0.15, 0.2) is 24.3 Å². The van der Waals surface area contributed by atoms with E-state index in [1.165, 1.54) is 5.56 Å². The number of hydrogen-bond acceptors (Lipinski definition) is 3. The smallest absolute Gasteiger partial charge is 0.236 e. The average molecular weight is 264 g/mol. The Hall–Kier alpha value is -1.55. The summed E-state index contributed by atoms with van der Waals surface area (Å²) in [6, 6.07) is 7.55. The van der Waals surface area contributed by atoms with Crippen LogP contribution >= 0.6 is 0 Å². The predicted molar refractivity (Wildman–Crippen MR) is 77.3 cm³/mol. The summed E-state index contributed by atoms with van der Waals surface area (Å²) in [6.07, 6.45) is 0. The molecule has 0 saturated carbocycles. The van der Waals surface area contributed by atoms with Crippen LogP contribution in [0.25, 0.3) is 0 Å². The monoisotopic (exact) mass is 264 g/mol. The van der Waals surface area contributed by atoms with E-state index in [1.807, 2.05) is 12.1 Å². The summed E-state index contributed by atoms with van der Waals surface area (Å²) in [4.78, 5) is 11.2. The van der Waals surface area contributed by atoms with Crippen LogP contribution in [0.5, 0.6) is 5.75 Å². The van der Waals surface area contributed by atoms with E-state index in [0.29, 0.717) is 13.2 Å². The summed E-state index contributed by atoms with van der Waals surface area (Å²) in [6.45, 7) is 9.07. The van der Waals surface area contributed by atoms with Gasteiger partial charge in [-0.1, -0.05) is 32.9 Å². The first-order chi connectivity index (χ1) is 8.80. The zero-order valence-corrected chi connectivity index (χ0v) is 12.2. The van der Waals surface area contributed by atoms with Gasteiger partial charge in [-0.25, -0.2) is 0 Å². The summed E-state index contributed by atoms with van der Waals surface area (Å²) in [5.74, 6) is 0.648. The van der Waals surface area contributed by atoms with E-state index < -0.39 is 6.04 Å². The van der Waals surface area contributed by atoms with E-state index in [9.17, 15) is 4.79 Å². The first kappa shape index (κ1) is 15.5. The molecule has 0 bridgehead atoms. The summed E-state index contributed by atoms with van der Waals surface area (Å²) in [5.41, 5.74) is 6.85. The van der Waals surface area contributed by atoms with Crippen molar-refractivity contribution < 1.29 is 9.53 Å². The van der Waals surface area contributed by atoms with Crippen molar-refractivity contribution in [1.82, 2.24) is 5.32 Å². The van der Waals surface area contributed by atoms with E-state index in [2.05, 4.69) is 38.2 Å². The van der Waals surface area contributed by atoms with Crippen molar-refractivity contribution in [3.63, 3.8) is 0 Å². The van der Waals surface area contributed by atoms with Crippen LogP contribution in [0.2, 0.25) is 0 Å². The molecule has 1 rings (SSSR count). The summed E-state index contributed by atoms with van der Waals surface area (Å²) >= 11 is 0. The second-order valence-corrected chi connectivity index (χ2v) is 5.70. The maximum atomic E-state index is 11.2. The molecule has 0 aliphatic carbocycles. The Morgan fingerprint density at radius 3 is 2.37 bits per heavy atom. The summed E-state index contributed by atoms with van der Waals surface area (Å²) in [5, 5.41) is 2.70. The van der Waals surface area contributed by atoms with E-state index in [0.717, 1.165) is 5.75 Å². The van der Waals surface area contributed by atoms with E-state index in [-0.39, 0.29) is 11.3 Å². The molecule has 0 aliphatic heterocycles. The Kier molecular flexibility index (Phi) is 5.36. The highest BCUT2D eigenvalue weighted by Crippen LogP contribution is 2.24. The van der Waals surface area contributed by atoms with Crippen molar-refractivity contribution >= 4 is 5.91 Å². The number of ether oxygens (including phenoxy) is 1. The van der Waals surface area contributed by atoms with Crippen molar-refractivity contribution in [2.45, 2.75) is 39.2 Å². The van der Waals surface area contributed by atoms with Crippen molar-refractivity contribution in [2.24, 2.45) is 5.73 Å². The van der Waals surface area contributed by atoms with Crippen LogP contribution in [0, 0.1) is 0 Å². The largest absolute Gasteiger partial charge is 0.492 e. The van der Waals surface area contributed by atoms with Gasteiger partial charge in [0.15, 0.2) is 0 Å². The average Bonchev–Trinajstić information content (AvgIpc) is 2.33. The van der Waals surface area contributed by atoms with Gasteiger partial charge in [-0.2, -0.15) is 0 Å². The first-order valence-electron chi connectivity index (χ1n) is 6.57. The van der Waals surface area contributed by atoms with Crippen molar-refractivity contribution in [1.29, 1.82) is 0 Å². The Morgan fingerprint density at radius 2 is 1.89 bits per heavy atom. The van der Waals surface area contributed by atoms with Crippen molar-refractivity contribution in [2.75, 3.05) is 13.2 Å². The number of benzene rings is 1. The molecule has 106 valence electrons. The third-order valence-electron chi connectivity index (χ3n) is 2.80. The molecule has 0 saturated heterocycles.